The third-order valence-corrected chi connectivity index (χ3v) is 6.13. The maximum Gasteiger partial charge on any atom is 0.121 e. The molecule has 0 saturated carbocycles. The van der Waals surface area contributed by atoms with Gasteiger partial charge in [0.1, 0.15) is 18.4 Å². The van der Waals surface area contributed by atoms with Crippen molar-refractivity contribution in [3.05, 3.63) is 48.0 Å². The van der Waals surface area contributed by atoms with Crippen LogP contribution in [-0.4, -0.2) is 48.5 Å². The van der Waals surface area contributed by atoms with E-state index in [1.807, 2.05) is 12.1 Å². The molecule has 1 saturated heterocycles. The minimum atomic E-state index is 0.697. The Hall–Kier alpha value is -2.62. The predicted molar refractivity (Wildman–Crippen MR) is 143 cm³/mol. The van der Waals surface area contributed by atoms with E-state index < -0.39 is 0 Å². The standard InChI is InChI=1S/C26H32N4O.CH4S/c1-3-28-21-10-8-20(9-11-21)26-24(19-27)23-13-12-22(18-25(23)30(26)4-2)31-17-16-29-14-6-5-7-15-29;1-2/h8-13,18,28H,3-7,14-17H2,1-2H3;2H,1H3. The minimum Gasteiger partial charge on any atom is -0.492 e. The molecule has 0 atom stereocenters. The highest BCUT2D eigenvalue weighted by Gasteiger charge is 2.19. The second kappa shape index (κ2) is 12.6. The average molecular weight is 465 g/mol. The van der Waals surface area contributed by atoms with Gasteiger partial charge in [-0.1, -0.05) is 18.6 Å². The van der Waals surface area contributed by atoms with Crippen molar-refractivity contribution in [3.8, 4) is 23.1 Å². The summed E-state index contributed by atoms with van der Waals surface area (Å²) in [6.45, 7) is 9.93. The smallest absolute Gasteiger partial charge is 0.121 e. The molecule has 0 aliphatic carbocycles. The van der Waals surface area contributed by atoms with Gasteiger partial charge in [0.2, 0.25) is 0 Å². The van der Waals surface area contributed by atoms with Crippen LogP contribution in [0.3, 0.4) is 0 Å². The lowest BCUT2D eigenvalue weighted by Gasteiger charge is -2.26. The van der Waals surface area contributed by atoms with Crippen LogP contribution in [0.15, 0.2) is 42.5 Å². The monoisotopic (exact) mass is 464 g/mol. The van der Waals surface area contributed by atoms with Crippen LogP contribution in [0.1, 0.15) is 38.7 Å². The summed E-state index contributed by atoms with van der Waals surface area (Å²) in [6.07, 6.45) is 5.64. The molecule has 33 heavy (non-hydrogen) atoms. The van der Waals surface area contributed by atoms with Crippen LogP contribution in [0, 0.1) is 11.3 Å². The summed E-state index contributed by atoms with van der Waals surface area (Å²) in [5.74, 6) is 0.871. The number of benzene rings is 2. The average Bonchev–Trinajstić information content (AvgIpc) is 3.19. The summed E-state index contributed by atoms with van der Waals surface area (Å²) < 4.78 is 8.33. The highest BCUT2D eigenvalue weighted by Crippen LogP contribution is 2.35. The van der Waals surface area contributed by atoms with E-state index in [-0.39, 0.29) is 0 Å². The van der Waals surface area contributed by atoms with Crippen molar-refractivity contribution >= 4 is 29.2 Å². The number of anilines is 1. The number of aryl methyl sites for hydroxylation is 1. The van der Waals surface area contributed by atoms with Gasteiger partial charge in [0.25, 0.3) is 0 Å². The van der Waals surface area contributed by atoms with E-state index in [0.717, 1.165) is 58.8 Å². The van der Waals surface area contributed by atoms with Gasteiger partial charge in [-0.25, -0.2) is 0 Å². The number of thiol groups is 1. The lowest BCUT2D eigenvalue weighted by Crippen LogP contribution is -2.33. The van der Waals surface area contributed by atoms with Crippen molar-refractivity contribution in [2.75, 3.05) is 44.4 Å². The Morgan fingerprint density at radius 3 is 2.39 bits per heavy atom. The number of likely N-dealkylation sites (tertiary alicyclic amines) is 1. The van der Waals surface area contributed by atoms with E-state index in [9.17, 15) is 5.26 Å². The Balaban J connectivity index is 0.00000149. The molecule has 2 aromatic carbocycles. The highest BCUT2D eigenvalue weighted by atomic mass is 32.1. The molecular formula is C27H36N4OS. The first kappa shape index (κ1) is 25.0. The topological polar surface area (TPSA) is 53.2 Å². The van der Waals surface area contributed by atoms with Crippen molar-refractivity contribution in [2.45, 2.75) is 39.7 Å². The van der Waals surface area contributed by atoms with Crippen LogP contribution >= 0.6 is 12.6 Å². The van der Waals surface area contributed by atoms with E-state index in [1.54, 1.807) is 6.26 Å². The van der Waals surface area contributed by atoms with Crippen molar-refractivity contribution in [3.63, 3.8) is 0 Å². The molecule has 0 bridgehead atoms. The lowest BCUT2D eigenvalue weighted by molar-refractivity contribution is 0.183. The number of hydrogen-bond acceptors (Lipinski definition) is 5. The van der Waals surface area contributed by atoms with Crippen molar-refractivity contribution in [1.82, 2.24) is 9.47 Å². The quantitative estimate of drug-likeness (QED) is 0.399. The molecule has 0 unspecified atom stereocenters. The number of hydrogen-bond donors (Lipinski definition) is 2. The normalized spacial score (nSPS) is 13.8. The maximum absolute atomic E-state index is 9.97. The van der Waals surface area contributed by atoms with Gasteiger partial charge >= 0.3 is 0 Å². The SMILES string of the molecule is CCNc1ccc(-c2c(C#N)c3ccc(OCCN4CCCCC4)cc3n2CC)cc1.CS. The van der Waals surface area contributed by atoms with Crippen LogP contribution in [0.4, 0.5) is 5.69 Å². The Kier molecular flexibility index (Phi) is 9.53. The number of piperidine rings is 1. The third kappa shape index (κ3) is 5.85. The molecule has 0 radical (unpaired) electrons. The van der Waals surface area contributed by atoms with E-state index in [2.05, 4.69) is 77.7 Å². The molecule has 1 N–H and O–H groups in total. The first-order valence-electron chi connectivity index (χ1n) is 12.0. The van der Waals surface area contributed by atoms with Crippen LogP contribution in [-0.2, 0) is 6.54 Å². The molecule has 1 aromatic heterocycles. The number of nitrogens with zero attached hydrogens (tertiary/aromatic N) is 3. The van der Waals surface area contributed by atoms with Crippen molar-refractivity contribution in [2.24, 2.45) is 0 Å². The third-order valence-electron chi connectivity index (χ3n) is 6.13. The Morgan fingerprint density at radius 1 is 1.03 bits per heavy atom. The van der Waals surface area contributed by atoms with Gasteiger partial charge in [0.05, 0.1) is 16.8 Å². The van der Waals surface area contributed by atoms with Crippen LogP contribution in [0.25, 0.3) is 22.2 Å². The summed E-state index contributed by atoms with van der Waals surface area (Å²) in [7, 11) is 0. The van der Waals surface area contributed by atoms with Crippen LogP contribution in [0.2, 0.25) is 0 Å². The molecule has 1 aliphatic heterocycles. The second-order valence-corrected chi connectivity index (χ2v) is 8.12. The van der Waals surface area contributed by atoms with Crippen LogP contribution in [0.5, 0.6) is 5.75 Å². The molecule has 4 rings (SSSR count). The first-order valence-corrected chi connectivity index (χ1v) is 12.8. The van der Waals surface area contributed by atoms with Gasteiger partial charge in [0, 0.05) is 36.8 Å². The largest absolute Gasteiger partial charge is 0.492 e. The summed E-state index contributed by atoms with van der Waals surface area (Å²) in [5.41, 5.74) is 4.92. The van der Waals surface area contributed by atoms with Gasteiger partial charge in [-0.15, -0.1) is 0 Å². The molecule has 1 aliphatic rings. The molecule has 0 amide bonds. The Bertz CT molecular complexity index is 1060. The number of nitriles is 1. The van der Waals surface area contributed by atoms with Gasteiger partial charge in [-0.3, -0.25) is 4.90 Å². The van der Waals surface area contributed by atoms with Crippen LogP contribution < -0.4 is 10.1 Å². The number of fused-ring (bicyclic) bond motifs is 1. The lowest BCUT2D eigenvalue weighted by atomic mass is 10.1. The number of ether oxygens (including phenoxy) is 1. The number of rotatable bonds is 8. The molecular weight excluding hydrogens is 428 g/mol. The van der Waals surface area contributed by atoms with E-state index in [1.165, 1.54) is 32.4 Å². The molecule has 3 aromatic rings. The van der Waals surface area contributed by atoms with Gasteiger partial charge < -0.3 is 14.6 Å². The predicted octanol–water partition coefficient (Wildman–Crippen LogP) is 6.04. The Labute approximate surface area is 203 Å². The maximum atomic E-state index is 9.97. The first-order chi connectivity index (χ1) is 16.2. The minimum absolute atomic E-state index is 0.697. The fourth-order valence-corrected chi connectivity index (χ4v) is 4.59. The second-order valence-electron chi connectivity index (χ2n) is 8.12. The zero-order valence-electron chi connectivity index (χ0n) is 20.1. The molecule has 1 fully saturated rings. The van der Waals surface area contributed by atoms with Crippen molar-refractivity contribution in [1.29, 1.82) is 5.26 Å². The number of aromatic nitrogens is 1. The molecule has 2 heterocycles. The van der Waals surface area contributed by atoms with E-state index in [0.29, 0.717) is 6.61 Å². The molecule has 0 spiro atoms. The molecule has 5 nitrogen and oxygen atoms in total. The van der Waals surface area contributed by atoms with E-state index >= 15 is 0 Å². The molecule has 176 valence electrons. The summed E-state index contributed by atoms with van der Waals surface area (Å²) in [5, 5.41) is 14.3. The summed E-state index contributed by atoms with van der Waals surface area (Å²) in [6, 6.07) is 16.9. The fourth-order valence-electron chi connectivity index (χ4n) is 4.59. The fraction of sp³-hybridized carbons (Fsp3) is 0.444. The zero-order chi connectivity index (χ0) is 23.6. The number of nitrogens with one attached hydrogen (secondary N) is 1. The molecule has 6 heteroatoms. The van der Waals surface area contributed by atoms with Gasteiger partial charge in [0.15, 0.2) is 0 Å². The Morgan fingerprint density at radius 2 is 1.76 bits per heavy atom. The summed E-state index contributed by atoms with van der Waals surface area (Å²) in [4.78, 5) is 2.49. The van der Waals surface area contributed by atoms with Gasteiger partial charge in [-0.2, -0.15) is 17.9 Å². The summed E-state index contributed by atoms with van der Waals surface area (Å²) >= 11 is 3.53. The highest BCUT2D eigenvalue weighted by molar-refractivity contribution is 7.79. The zero-order valence-corrected chi connectivity index (χ0v) is 21.0. The van der Waals surface area contributed by atoms with E-state index in [4.69, 9.17) is 4.74 Å². The van der Waals surface area contributed by atoms with Gasteiger partial charge in [-0.05, 0) is 75.9 Å². The van der Waals surface area contributed by atoms with Crippen molar-refractivity contribution < 1.29 is 4.74 Å².